The number of methoxy groups -OCH3 is 1. The van der Waals surface area contributed by atoms with Gasteiger partial charge in [-0.15, -0.1) is 0 Å². The zero-order valence-corrected chi connectivity index (χ0v) is 17.3. The summed E-state index contributed by atoms with van der Waals surface area (Å²) >= 11 is 0. The van der Waals surface area contributed by atoms with E-state index in [2.05, 4.69) is 51.3 Å². The molecule has 3 rings (SSSR count). The number of rotatable bonds is 6. The van der Waals surface area contributed by atoms with Gasteiger partial charge in [0.1, 0.15) is 0 Å². The molecule has 2 aliphatic heterocycles. The minimum Gasteiger partial charge on any atom is -0.384 e. The third-order valence-corrected chi connectivity index (χ3v) is 5.96. The molecule has 1 N–H and O–H groups in total. The van der Waals surface area contributed by atoms with Crippen LogP contribution in [-0.2, 0) is 17.8 Å². The van der Waals surface area contributed by atoms with Crippen molar-refractivity contribution in [3.63, 3.8) is 0 Å². The summed E-state index contributed by atoms with van der Waals surface area (Å²) in [5.74, 6) is 2.51. The van der Waals surface area contributed by atoms with Crippen molar-refractivity contribution in [2.45, 2.75) is 39.3 Å². The van der Waals surface area contributed by atoms with Gasteiger partial charge in [-0.3, -0.25) is 9.89 Å². The Balaban J connectivity index is 1.45. The first-order chi connectivity index (χ1) is 13.2. The lowest BCUT2D eigenvalue weighted by atomic mass is 9.99. The second-order valence-corrected chi connectivity index (χ2v) is 8.23. The topological polar surface area (TPSA) is 40.1 Å². The predicted octanol–water partition coefficient (Wildman–Crippen LogP) is 2.96. The molecule has 0 radical (unpaired) electrons. The monoisotopic (exact) mass is 372 g/mol. The van der Waals surface area contributed by atoms with Crippen LogP contribution < -0.4 is 5.32 Å². The summed E-state index contributed by atoms with van der Waals surface area (Å²) in [7, 11) is 3.65. The van der Waals surface area contributed by atoms with Gasteiger partial charge < -0.3 is 15.0 Å². The molecule has 1 aromatic carbocycles. The SMILES string of the molecule is CN=C(NCc1ccc(CN2CCC(C)CC2)cc1)N1CCC(COC)C1. The highest BCUT2D eigenvalue weighted by atomic mass is 16.5. The molecule has 1 aromatic rings. The van der Waals surface area contributed by atoms with Gasteiger partial charge in [-0.2, -0.15) is 0 Å². The number of hydrogen-bond acceptors (Lipinski definition) is 3. The van der Waals surface area contributed by atoms with Crippen molar-refractivity contribution in [1.29, 1.82) is 0 Å². The summed E-state index contributed by atoms with van der Waals surface area (Å²) in [5.41, 5.74) is 2.72. The highest BCUT2D eigenvalue weighted by Gasteiger charge is 2.24. The van der Waals surface area contributed by atoms with Gasteiger partial charge in [0.2, 0.25) is 0 Å². The van der Waals surface area contributed by atoms with Crippen molar-refractivity contribution < 1.29 is 4.74 Å². The Labute approximate surface area is 164 Å². The van der Waals surface area contributed by atoms with Crippen LogP contribution in [0, 0.1) is 11.8 Å². The lowest BCUT2D eigenvalue weighted by molar-refractivity contribution is 0.157. The van der Waals surface area contributed by atoms with Gasteiger partial charge >= 0.3 is 0 Å². The quantitative estimate of drug-likeness (QED) is 0.616. The molecule has 27 heavy (non-hydrogen) atoms. The van der Waals surface area contributed by atoms with Crippen LogP contribution in [0.2, 0.25) is 0 Å². The van der Waals surface area contributed by atoms with Gasteiger partial charge in [-0.25, -0.2) is 0 Å². The lowest BCUT2D eigenvalue weighted by Crippen LogP contribution is -2.39. The van der Waals surface area contributed by atoms with Crippen molar-refractivity contribution in [2.24, 2.45) is 16.8 Å². The molecule has 0 aliphatic carbocycles. The van der Waals surface area contributed by atoms with E-state index in [9.17, 15) is 0 Å². The second-order valence-electron chi connectivity index (χ2n) is 8.23. The second kappa shape index (κ2) is 10.1. The van der Waals surface area contributed by atoms with E-state index >= 15 is 0 Å². The van der Waals surface area contributed by atoms with Crippen LogP contribution in [0.5, 0.6) is 0 Å². The maximum atomic E-state index is 5.30. The Hall–Kier alpha value is -1.59. The molecular formula is C22H36N4O. The van der Waals surface area contributed by atoms with Crippen molar-refractivity contribution in [3.8, 4) is 0 Å². The Morgan fingerprint density at radius 2 is 1.81 bits per heavy atom. The smallest absolute Gasteiger partial charge is 0.193 e. The maximum Gasteiger partial charge on any atom is 0.193 e. The number of nitrogens with one attached hydrogen (secondary N) is 1. The molecule has 1 unspecified atom stereocenters. The molecule has 0 amide bonds. The number of hydrogen-bond donors (Lipinski definition) is 1. The van der Waals surface area contributed by atoms with E-state index in [4.69, 9.17) is 4.74 Å². The molecule has 150 valence electrons. The van der Waals surface area contributed by atoms with Crippen LogP contribution >= 0.6 is 0 Å². The Bertz CT molecular complexity index is 593. The average Bonchev–Trinajstić information content (AvgIpc) is 3.14. The molecule has 0 aromatic heterocycles. The molecule has 0 spiro atoms. The first-order valence-electron chi connectivity index (χ1n) is 10.4. The number of benzene rings is 1. The fraction of sp³-hybridized carbons (Fsp3) is 0.682. The number of piperidine rings is 1. The van der Waals surface area contributed by atoms with Gasteiger partial charge in [0.05, 0.1) is 6.61 Å². The summed E-state index contributed by atoms with van der Waals surface area (Å²) in [6.07, 6.45) is 3.85. The normalized spacial score (nSPS) is 22.4. The number of guanidine groups is 1. The third-order valence-electron chi connectivity index (χ3n) is 5.96. The van der Waals surface area contributed by atoms with Crippen LogP contribution in [-0.4, -0.2) is 62.7 Å². The molecule has 5 nitrogen and oxygen atoms in total. The zero-order valence-electron chi connectivity index (χ0n) is 17.3. The molecule has 2 heterocycles. The molecule has 5 heteroatoms. The number of ether oxygens (including phenoxy) is 1. The van der Waals surface area contributed by atoms with E-state index in [1.54, 1.807) is 7.11 Å². The molecule has 2 aliphatic rings. The number of nitrogens with zero attached hydrogens (tertiary/aromatic N) is 3. The van der Waals surface area contributed by atoms with E-state index in [0.717, 1.165) is 44.7 Å². The van der Waals surface area contributed by atoms with E-state index < -0.39 is 0 Å². The van der Waals surface area contributed by atoms with Gasteiger partial charge in [-0.05, 0) is 49.4 Å². The lowest BCUT2D eigenvalue weighted by Gasteiger charge is -2.30. The number of likely N-dealkylation sites (tertiary alicyclic amines) is 2. The highest BCUT2D eigenvalue weighted by Crippen LogP contribution is 2.19. The molecule has 2 fully saturated rings. The first-order valence-corrected chi connectivity index (χ1v) is 10.4. The van der Waals surface area contributed by atoms with Gasteiger partial charge in [0.15, 0.2) is 5.96 Å². The van der Waals surface area contributed by atoms with Gasteiger partial charge in [0.25, 0.3) is 0 Å². The van der Waals surface area contributed by atoms with E-state index in [1.165, 1.54) is 43.5 Å². The predicted molar refractivity (Wildman–Crippen MR) is 112 cm³/mol. The molecule has 0 bridgehead atoms. The van der Waals surface area contributed by atoms with Crippen LogP contribution in [0.3, 0.4) is 0 Å². The van der Waals surface area contributed by atoms with Gasteiger partial charge in [0, 0.05) is 46.3 Å². The summed E-state index contributed by atoms with van der Waals surface area (Å²) in [6.45, 7) is 9.66. The van der Waals surface area contributed by atoms with Gasteiger partial charge in [-0.1, -0.05) is 31.2 Å². The first kappa shape index (κ1) is 20.2. The fourth-order valence-corrected chi connectivity index (χ4v) is 4.15. The summed E-state index contributed by atoms with van der Waals surface area (Å²) in [6, 6.07) is 9.06. The van der Waals surface area contributed by atoms with Crippen LogP contribution in [0.1, 0.15) is 37.3 Å². The van der Waals surface area contributed by atoms with E-state index in [0.29, 0.717) is 5.92 Å². The number of aliphatic imine (C=N–C) groups is 1. The minimum absolute atomic E-state index is 0.616. The molecule has 1 atom stereocenters. The van der Waals surface area contributed by atoms with Crippen molar-refractivity contribution in [3.05, 3.63) is 35.4 Å². The summed E-state index contributed by atoms with van der Waals surface area (Å²) < 4.78 is 5.30. The zero-order chi connectivity index (χ0) is 19.1. The Morgan fingerprint density at radius 3 is 2.48 bits per heavy atom. The van der Waals surface area contributed by atoms with Crippen LogP contribution in [0.15, 0.2) is 29.3 Å². The molecule has 0 saturated carbocycles. The van der Waals surface area contributed by atoms with E-state index in [-0.39, 0.29) is 0 Å². The Kier molecular flexibility index (Phi) is 7.53. The maximum absolute atomic E-state index is 5.30. The summed E-state index contributed by atoms with van der Waals surface area (Å²) in [4.78, 5) is 9.39. The minimum atomic E-state index is 0.616. The highest BCUT2D eigenvalue weighted by molar-refractivity contribution is 5.80. The standard InChI is InChI=1S/C22H36N4O/c1-18-8-11-25(12-9-18)15-20-6-4-19(5-7-20)14-24-22(23-2)26-13-10-21(16-26)17-27-3/h4-7,18,21H,8-17H2,1-3H3,(H,23,24). The largest absolute Gasteiger partial charge is 0.384 e. The van der Waals surface area contributed by atoms with Crippen LogP contribution in [0.4, 0.5) is 0 Å². The average molecular weight is 373 g/mol. The Morgan fingerprint density at radius 1 is 1.11 bits per heavy atom. The molecular weight excluding hydrogens is 336 g/mol. The fourth-order valence-electron chi connectivity index (χ4n) is 4.15. The van der Waals surface area contributed by atoms with Crippen LogP contribution in [0.25, 0.3) is 0 Å². The van der Waals surface area contributed by atoms with Crippen molar-refractivity contribution in [2.75, 3.05) is 46.9 Å². The summed E-state index contributed by atoms with van der Waals surface area (Å²) in [5, 5.41) is 3.52. The van der Waals surface area contributed by atoms with E-state index in [1.807, 2.05) is 7.05 Å². The van der Waals surface area contributed by atoms with Crippen molar-refractivity contribution in [1.82, 2.24) is 15.1 Å². The third kappa shape index (κ3) is 5.94. The molecule has 2 saturated heterocycles. The van der Waals surface area contributed by atoms with Crippen molar-refractivity contribution >= 4 is 5.96 Å².